The molecular formula is C36H56O13. The standard InChI is InChI=1S/C36H56O13/c1-23(2)30-13-11-9-7-5-3-4-6-8-10-12-26(47-33-17-14-24(37)22-46-33)19-31-34(35(43)44)29(41)21-36(45,49-31)20-25(38)18-28(40)27(39)15-16-32(42)48-30/h3-8,10,12,23-31,33-34,37-41,45H,9,11,13-22H2,1-2H3,(H,43,44)/b4-3+,7-5+,8-6+,12-10+. The molecule has 3 aliphatic rings. The van der Waals surface area contributed by atoms with E-state index in [0.29, 0.717) is 19.3 Å². The highest BCUT2D eigenvalue weighted by molar-refractivity contribution is 5.71. The summed E-state index contributed by atoms with van der Waals surface area (Å²) in [5, 5.41) is 74.0. The van der Waals surface area contributed by atoms with E-state index in [1.54, 1.807) is 24.3 Å². The molecule has 2 fully saturated rings. The van der Waals surface area contributed by atoms with E-state index in [-0.39, 0.29) is 44.3 Å². The fraction of sp³-hybridized carbons (Fsp3) is 0.722. The number of cyclic esters (lactones) is 1. The van der Waals surface area contributed by atoms with Crippen LogP contribution in [-0.4, -0.2) is 115 Å². The fourth-order valence-corrected chi connectivity index (χ4v) is 6.34. The number of allylic oxidation sites excluding steroid dienone is 7. The Morgan fingerprint density at radius 3 is 2.27 bits per heavy atom. The summed E-state index contributed by atoms with van der Waals surface area (Å²) in [6.45, 7) is 4.01. The van der Waals surface area contributed by atoms with Crippen LogP contribution in [0.3, 0.4) is 0 Å². The molecule has 0 aromatic heterocycles. The Morgan fingerprint density at radius 2 is 1.59 bits per heavy atom. The number of fused-ring (bicyclic) bond motifs is 2. The van der Waals surface area contributed by atoms with Crippen LogP contribution in [0.15, 0.2) is 48.6 Å². The predicted octanol–water partition coefficient (Wildman–Crippen LogP) is 2.42. The third-order valence-corrected chi connectivity index (χ3v) is 9.06. The zero-order valence-electron chi connectivity index (χ0n) is 28.5. The summed E-state index contributed by atoms with van der Waals surface area (Å²) < 4.78 is 23.3. The minimum Gasteiger partial charge on any atom is -0.481 e. The maximum atomic E-state index is 12.5. The minimum atomic E-state index is -2.17. The Kier molecular flexibility index (Phi) is 17.1. The Hall–Kier alpha value is -2.46. The number of aliphatic hydroxyl groups is 6. The molecule has 0 radical (unpaired) electrons. The summed E-state index contributed by atoms with van der Waals surface area (Å²) in [6.07, 6.45) is 6.54. The van der Waals surface area contributed by atoms with Crippen LogP contribution < -0.4 is 0 Å². The van der Waals surface area contributed by atoms with Gasteiger partial charge in [-0.1, -0.05) is 62.5 Å². The van der Waals surface area contributed by atoms with Crippen LogP contribution in [0.5, 0.6) is 0 Å². The number of aliphatic carboxylic acids is 1. The number of carbonyl (C=O) groups excluding carboxylic acids is 1. The summed E-state index contributed by atoms with van der Waals surface area (Å²) in [5.41, 5.74) is 0. The molecule has 0 spiro atoms. The van der Waals surface area contributed by atoms with E-state index in [1.807, 2.05) is 38.2 Å². The van der Waals surface area contributed by atoms with Crippen molar-refractivity contribution in [2.75, 3.05) is 6.61 Å². The van der Waals surface area contributed by atoms with Crippen LogP contribution in [0.4, 0.5) is 0 Å². The van der Waals surface area contributed by atoms with E-state index in [1.165, 1.54) is 0 Å². The van der Waals surface area contributed by atoms with Gasteiger partial charge in [0.15, 0.2) is 12.1 Å². The third-order valence-electron chi connectivity index (χ3n) is 9.06. The van der Waals surface area contributed by atoms with Crippen LogP contribution in [-0.2, 0) is 28.5 Å². The molecule has 0 aliphatic carbocycles. The molecule has 0 amide bonds. The third kappa shape index (κ3) is 14.4. The Labute approximate surface area is 288 Å². The van der Waals surface area contributed by atoms with Crippen molar-refractivity contribution in [1.29, 1.82) is 0 Å². The Balaban J connectivity index is 1.83. The van der Waals surface area contributed by atoms with Crippen molar-refractivity contribution in [3.63, 3.8) is 0 Å². The number of hydrogen-bond acceptors (Lipinski definition) is 12. The van der Waals surface area contributed by atoms with Gasteiger partial charge >= 0.3 is 11.9 Å². The van der Waals surface area contributed by atoms with Crippen LogP contribution in [0.25, 0.3) is 0 Å². The average Bonchev–Trinajstić information content (AvgIpc) is 3.01. The molecule has 13 heteroatoms. The number of esters is 1. The first-order valence-corrected chi connectivity index (χ1v) is 17.4. The fourth-order valence-electron chi connectivity index (χ4n) is 6.34. The molecule has 0 aromatic rings. The highest BCUT2D eigenvalue weighted by Crippen LogP contribution is 2.38. The molecule has 7 N–H and O–H groups in total. The molecule has 2 bridgehead atoms. The smallest absolute Gasteiger partial charge is 0.311 e. The summed E-state index contributed by atoms with van der Waals surface area (Å²) in [7, 11) is 0. The van der Waals surface area contributed by atoms with Gasteiger partial charge in [0.1, 0.15) is 12.0 Å². The molecule has 0 aromatic carbocycles. The normalized spacial score (nSPS) is 40.9. The van der Waals surface area contributed by atoms with Crippen molar-refractivity contribution in [3.05, 3.63) is 48.6 Å². The van der Waals surface area contributed by atoms with E-state index in [2.05, 4.69) is 0 Å². The Bertz CT molecular complexity index is 1130. The van der Waals surface area contributed by atoms with Crippen molar-refractivity contribution in [1.82, 2.24) is 0 Å². The molecule has 0 saturated carbocycles. The van der Waals surface area contributed by atoms with E-state index in [9.17, 15) is 45.3 Å². The van der Waals surface area contributed by atoms with Gasteiger partial charge in [-0.2, -0.15) is 0 Å². The van der Waals surface area contributed by atoms with E-state index in [0.717, 1.165) is 12.8 Å². The molecule has 3 heterocycles. The van der Waals surface area contributed by atoms with E-state index >= 15 is 0 Å². The van der Waals surface area contributed by atoms with E-state index < -0.39 is 85.5 Å². The van der Waals surface area contributed by atoms with Crippen molar-refractivity contribution >= 4 is 11.9 Å². The number of rotatable bonds is 4. The van der Waals surface area contributed by atoms with Gasteiger partial charge in [-0.05, 0) is 38.0 Å². The molecule has 11 unspecified atom stereocenters. The number of hydrogen-bond donors (Lipinski definition) is 7. The second kappa shape index (κ2) is 20.4. The highest BCUT2D eigenvalue weighted by atomic mass is 16.7. The first-order chi connectivity index (χ1) is 23.3. The number of carbonyl (C=O) groups is 2. The number of ether oxygens (including phenoxy) is 4. The second-order valence-corrected chi connectivity index (χ2v) is 13.7. The van der Waals surface area contributed by atoms with Gasteiger partial charge in [0.2, 0.25) is 0 Å². The zero-order valence-corrected chi connectivity index (χ0v) is 28.5. The lowest BCUT2D eigenvalue weighted by Gasteiger charge is -2.44. The van der Waals surface area contributed by atoms with Crippen LogP contribution in [0.1, 0.15) is 84.5 Å². The summed E-state index contributed by atoms with van der Waals surface area (Å²) in [6, 6.07) is 0. The van der Waals surface area contributed by atoms with Crippen molar-refractivity contribution in [2.24, 2.45) is 11.8 Å². The zero-order chi connectivity index (χ0) is 36.0. The molecule has 13 nitrogen and oxygen atoms in total. The molecule has 2 saturated heterocycles. The van der Waals surface area contributed by atoms with Gasteiger partial charge in [-0.25, -0.2) is 0 Å². The van der Waals surface area contributed by atoms with Gasteiger partial charge in [0.05, 0.1) is 49.3 Å². The van der Waals surface area contributed by atoms with Crippen molar-refractivity contribution < 1.29 is 64.3 Å². The average molecular weight is 697 g/mol. The maximum Gasteiger partial charge on any atom is 0.311 e. The van der Waals surface area contributed by atoms with E-state index in [4.69, 9.17) is 18.9 Å². The van der Waals surface area contributed by atoms with Gasteiger partial charge in [-0.3, -0.25) is 9.59 Å². The number of carboxylic acid groups (broad SMARTS) is 1. The lowest BCUT2D eigenvalue weighted by Crippen LogP contribution is -2.56. The molecular weight excluding hydrogens is 640 g/mol. The first kappa shape index (κ1) is 41.0. The van der Waals surface area contributed by atoms with Gasteiger partial charge < -0.3 is 54.7 Å². The molecule has 278 valence electrons. The van der Waals surface area contributed by atoms with Crippen molar-refractivity contribution in [3.8, 4) is 0 Å². The second-order valence-electron chi connectivity index (χ2n) is 13.7. The summed E-state index contributed by atoms with van der Waals surface area (Å²) >= 11 is 0. The minimum absolute atomic E-state index is 0.0797. The lowest BCUT2D eigenvalue weighted by atomic mass is 9.82. The number of aliphatic hydroxyl groups excluding tert-OH is 5. The first-order valence-electron chi connectivity index (χ1n) is 17.4. The van der Waals surface area contributed by atoms with Gasteiger partial charge in [0.25, 0.3) is 0 Å². The summed E-state index contributed by atoms with van der Waals surface area (Å²) in [4.78, 5) is 24.8. The quantitative estimate of drug-likeness (QED) is 0.211. The largest absolute Gasteiger partial charge is 0.481 e. The molecule has 49 heavy (non-hydrogen) atoms. The molecule has 3 aliphatic heterocycles. The Morgan fingerprint density at radius 1 is 0.878 bits per heavy atom. The monoisotopic (exact) mass is 696 g/mol. The lowest BCUT2D eigenvalue weighted by molar-refractivity contribution is -0.303. The highest BCUT2D eigenvalue weighted by Gasteiger charge is 2.50. The maximum absolute atomic E-state index is 12.5. The van der Waals surface area contributed by atoms with Crippen LogP contribution in [0, 0.1) is 11.8 Å². The SMILES string of the molecule is CC(C)C1CCC/C=C/C=C/C=C/C=C/C(OC2CCC(O)CO2)CC2OC(O)(CC(O)CC(O)C(O)CCC(=O)O1)CC(O)C2C(=O)O. The van der Waals surface area contributed by atoms with Crippen LogP contribution >= 0.6 is 0 Å². The molecule has 11 atom stereocenters. The van der Waals surface area contributed by atoms with Gasteiger partial charge in [-0.15, -0.1) is 0 Å². The van der Waals surface area contributed by atoms with Crippen LogP contribution in [0.2, 0.25) is 0 Å². The van der Waals surface area contributed by atoms with Gasteiger partial charge in [0, 0.05) is 38.5 Å². The summed E-state index contributed by atoms with van der Waals surface area (Å²) in [5.74, 6) is -5.34. The topological polar surface area (TPSA) is 213 Å². The van der Waals surface area contributed by atoms with Crippen molar-refractivity contribution in [2.45, 2.75) is 145 Å². The molecule has 3 rings (SSSR count). The predicted molar refractivity (Wildman–Crippen MR) is 178 cm³/mol. The number of carboxylic acids is 1.